The van der Waals surface area contributed by atoms with E-state index < -0.39 is 7.82 Å². The fraction of sp³-hybridized carbons (Fsp3) is 0.938. The minimum atomic E-state index is -4.91. The zero-order valence-electron chi connectivity index (χ0n) is 17.0. The van der Waals surface area contributed by atoms with Crippen LogP contribution in [0, 0.1) is 0 Å². The highest BCUT2D eigenvalue weighted by atomic mass is 31.2. The van der Waals surface area contributed by atoms with Gasteiger partial charge in [-0.25, -0.2) is 0 Å². The quantitative estimate of drug-likeness (QED) is 0.217. The maximum atomic E-state index is 10.5. The summed E-state index contributed by atoms with van der Waals surface area (Å²) in [5.74, 6) is -0.101. The van der Waals surface area contributed by atoms with Gasteiger partial charge in [0.2, 0.25) is 5.91 Å². The number of phosphoric ester groups is 1. The van der Waals surface area contributed by atoms with E-state index in [4.69, 9.17) is 14.2 Å². The summed E-state index contributed by atoms with van der Waals surface area (Å²) in [7, 11) is -4.91. The Hall–Kier alpha value is -0.580. The first-order chi connectivity index (χ1) is 12.8. The Bertz CT molecular complexity index is 372. The molecule has 10 nitrogen and oxygen atoms in total. The summed E-state index contributed by atoms with van der Waals surface area (Å²) in [5, 5.41) is 2.59. The maximum absolute atomic E-state index is 10.5. The second-order valence-corrected chi connectivity index (χ2v) is 6.56. The first-order valence-electron chi connectivity index (χ1n) is 9.24. The number of rotatable bonds is 16. The molecule has 0 aliphatic carbocycles. The highest BCUT2D eigenvalue weighted by Crippen LogP contribution is 2.23. The number of ether oxygens (including phenoxy) is 3. The van der Waals surface area contributed by atoms with Gasteiger partial charge in [0.1, 0.15) is 0 Å². The SMILES string of the molecule is CC(=O)NCCOCCOCCOCCOP(=O)([O-])[O-].CC[NH+](CC)CC. The fourth-order valence-corrected chi connectivity index (χ4v) is 2.10. The maximum Gasteiger partial charge on any atom is 0.216 e. The van der Waals surface area contributed by atoms with Crippen molar-refractivity contribution in [3.8, 4) is 0 Å². The van der Waals surface area contributed by atoms with E-state index in [1.54, 1.807) is 4.90 Å². The average molecular weight is 415 g/mol. The smallest absolute Gasteiger partial charge is 0.216 e. The van der Waals surface area contributed by atoms with Gasteiger partial charge < -0.3 is 43.3 Å². The predicted octanol–water partition coefficient (Wildman–Crippen LogP) is -2.05. The summed E-state index contributed by atoms with van der Waals surface area (Å²) < 4.78 is 29.3. The molecule has 0 aliphatic heterocycles. The van der Waals surface area contributed by atoms with E-state index in [0.717, 1.165) is 0 Å². The van der Waals surface area contributed by atoms with E-state index in [9.17, 15) is 19.1 Å². The summed E-state index contributed by atoms with van der Waals surface area (Å²) in [6.07, 6.45) is 0. The van der Waals surface area contributed by atoms with Crippen LogP contribution >= 0.6 is 7.82 Å². The molecule has 0 fully saturated rings. The number of phosphoric acid groups is 1. The molecule has 0 unspecified atom stereocenters. The van der Waals surface area contributed by atoms with Crippen molar-refractivity contribution in [1.82, 2.24) is 5.32 Å². The Morgan fingerprint density at radius 3 is 1.59 bits per heavy atom. The van der Waals surface area contributed by atoms with E-state index in [0.29, 0.717) is 33.0 Å². The molecule has 0 saturated heterocycles. The lowest BCUT2D eigenvalue weighted by Gasteiger charge is -2.28. The van der Waals surface area contributed by atoms with E-state index in [1.807, 2.05) is 0 Å². The molecule has 0 bridgehead atoms. The van der Waals surface area contributed by atoms with Crippen LogP contribution in [-0.2, 0) is 28.1 Å². The van der Waals surface area contributed by atoms with E-state index in [-0.39, 0.29) is 25.7 Å². The number of carbonyl (C=O) groups is 1. The van der Waals surface area contributed by atoms with Gasteiger partial charge in [-0.3, -0.25) is 4.79 Å². The number of nitrogens with one attached hydrogen (secondary N) is 2. The van der Waals surface area contributed by atoms with Gasteiger partial charge >= 0.3 is 0 Å². The van der Waals surface area contributed by atoms with Gasteiger partial charge in [0.25, 0.3) is 0 Å². The van der Waals surface area contributed by atoms with Crippen molar-refractivity contribution in [2.45, 2.75) is 27.7 Å². The molecule has 164 valence electrons. The van der Waals surface area contributed by atoms with Gasteiger partial charge in [0.15, 0.2) is 0 Å². The molecule has 0 saturated carbocycles. The lowest BCUT2D eigenvalue weighted by Crippen LogP contribution is -3.11. The first-order valence-corrected chi connectivity index (χ1v) is 10.7. The molecule has 0 spiro atoms. The molecule has 0 heterocycles. The second-order valence-electron chi connectivity index (χ2n) is 5.41. The standard InChI is InChI=1S/C10H22NO8P.C6H15N/c1-10(12)11-2-3-16-4-5-17-6-7-18-8-9-19-20(13,14)15;1-4-7(5-2)6-3/h2-9H2,1H3,(H,11,12)(H2,13,14,15);4-6H2,1-3H3/p-1. The number of quaternary nitrogens is 1. The molecule has 0 aliphatic rings. The number of carbonyl (C=O) groups excluding carboxylic acids is 1. The molecule has 0 aromatic heterocycles. The van der Waals surface area contributed by atoms with Crippen molar-refractivity contribution in [1.29, 1.82) is 0 Å². The van der Waals surface area contributed by atoms with Crippen LogP contribution in [-0.4, -0.2) is 78.3 Å². The minimum Gasteiger partial charge on any atom is -0.790 e. The summed E-state index contributed by atoms with van der Waals surface area (Å²) in [4.78, 5) is 32.4. The molecule has 11 heteroatoms. The molecule has 0 aromatic rings. The fourth-order valence-electron chi connectivity index (χ4n) is 1.80. The van der Waals surface area contributed by atoms with Crippen molar-refractivity contribution in [2.24, 2.45) is 0 Å². The Balaban J connectivity index is 0. The van der Waals surface area contributed by atoms with E-state index in [2.05, 4.69) is 30.6 Å². The summed E-state index contributed by atoms with van der Waals surface area (Å²) in [5.41, 5.74) is 0. The van der Waals surface area contributed by atoms with Gasteiger partial charge in [0, 0.05) is 13.5 Å². The summed E-state index contributed by atoms with van der Waals surface area (Å²) >= 11 is 0. The van der Waals surface area contributed by atoms with Crippen LogP contribution < -0.4 is 20.0 Å². The molecule has 0 atom stereocenters. The van der Waals surface area contributed by atoms with Gasteiger partial charge in [-0.05, 0) is 20.8 Å². The zero-order chi connectivity index (χ0) is 21.0. The topological polar surface area (TPSA) is 134 Å². The molecule has 27 heavy (non-hydrogen) atoms. The third kappa shape index (κ3) is 27.7. The normalized spacial score (nSPS) is 11.2. The summed E-state index contributed by atoms with van der Waals surface area (Å²) in [6, 6.07) is 0. The van der Waals surface area contributed by atoms with Crippen LogP contribution in [0.1, 0.15) is 27.7 Å². The molecule has 1 amide bonds. The van der Waals surface area contributed by atoms with Gasteiger partial charge in [0.05, 0.1) is 73.7 Å². The number of hydrogen-bond donors (Lipinski definition) is 2. The first kappa shape index (κ1) is 28.6. The van der Waals surface area contributed by atoms with Crippen molar-refractivity contribution in [2.75, 3.05) is 72.4 Å². The van der Waals surface area contributed by atoms with Gasteiger partial charge in [-0.1, -0.05) is 0 Å². The number of amides is 1. The van der Waals surface area contributed by atoms with Gasteiger partial charge in [-0.15, -0.1) is 0 Å². The van der Waals surface area contributed by atoms with Gasteiger partial charge in [-0.2, -0.15) is 0 Å². The van der Waals surface area contributed by atoms with E-state index >= 15 is 0 Å². The average Bonchev–Trinajstić information content (AvgIpc) is 2.60. The highest BCUT2D eigenvalue weighted by molar-refractivity contribution is 7.43. The van der Waals surface area contributed by atoms with Crippen LogP contribution in [0.5, 0.6) is 0 Å². The molecule has 2 N–H and O–H groups in total. The molecule has 0 rings (SSSR count). The second kappa shape index (κ2) is 20.2. The van der Waals surface area contributed by atoms with Crippen molar-refractivity contribution in [3.05, 3.63) is 0 Å². The Labute approximate surface area is 162 Å². The minimum absolute atomic E-state index is 0.00501. The third-order valence-corrected chi connectivity index (χ3v) is 3.84. The van der Waals surface area contributed by atoms with Crippen molar-refractivity contribution < 1.29 is 42.8 Å². The van der Waals surface area contributed by atoms with Crippen LogP contribution in [0.25, 0.3) is 0 Å². The Morgan fingerprint density at radius 1 is 0.852 bits per heavy atom. The zero-order valence-corrected chi connectivity index (χ0v) is 17.9. The Kier molecular flexibility index (Phi) is 21.4. The Morgan fingerprint density at radius 2 is 1.26 bits per heavy atom. The molecular formula is C16H36N2O8P-. The number of hydrogen-bond acceptors (Lipinski definition) is 8. The molecule has 0 aromatic carbocycles. The van der Waals surface area contributed by atoms with Crippen LogP contribution in [0.15, 0.2) is 0 Å². The highest BCUT2D eigenvalue weighted by Gasteiger charge is 1.95. The lowest BCUT2D eigenvalue weighted by atomic mass is 10.5. The van der Waals surface area contributed by atoms with Crippen LogP contribution in [0.3, 0.4) is 0 Å². The monoisotopic (exact) mass is 415 g/mol. The predicted molar refractivity (Wildman–Crippen MR) is 97.3 cm³/mol. The molecule has 0 radical (unpaired) electrons. The third-order valence-electron chi connectivity index (χ3n) is 3.34. The van der Waals surface area contributed by atoms with Crippen molar-refractivity contribution >= 4 is 13.7 Å². The molecular weight excluding hydrogens is 379 g/mol. The lowest BCUT2D eigenvalue weighted by molar-refractivity contribution is -0.894. The van der Waals surface area contributed by atoms with E-state index in [1.165, 1.54) is 26.6 Å². The summed E-state index contributed by atoms with van der Waals surface area (Å²) in [6.45, 7) is 13.9. The van der Waals surface area contributed by atoms with Crippen molar-refractivity contribution in [3.63, 3.8) is 0 Å². The largest absolute Gasteiger partial charge is 0.790 e. The van der Waals surface area contributed by atoms with Crippen LogP contribution in [0.4, 0.5) is 0 Å². The van der Waals surface area contributed by atoms with Crippen LogP contribution in [0.2, 0.25) is 0 Å².